The summed E-state index contributed by atoms with van der Waals surface area (Å²) in [7, 11) is 1.61. The third-order valence-corrected chi connectivity index (χ3v) is 4.58. The predicted molar refractivity (Wildman–Crippen MR) is 84.8 cm³/mol. The van der Waals surface area contributed by atoms with Crippen LogP contribution in [-0.4, -0.2) is 22.9 Å². The highest BCUT2D eigenvalue weighted by molar-refractivity contribution is 6.29. The van der Waals surface area contributed by atoms with Gasteiger partial charge in [0, 0.05) is 17.8 Å². The van der Waals surface area contributed by atoms with Gasteiger partial charge in [-0.05, 0) is 44.4 Å². The van der Waals surface area contributed by atoms with E-state index in [0.29, 0.717) is 29.3 Å². The zero-order valence-corrected chi connectivity index (χ0v) is 13.6. The molecule has 5 heteroatoms. The number of pyridine rings is 2. The number of nitrogens with zero attached hydrogens (tertiary/aromatic N) is 2. The molecule has 0 bridgehead atoms. The Hall–Kier alpha value is -1.94. The van der Waals surface area contributed by atoms with Crippen molar-refractivity contribution in [1.29, 1.82) is 0 Å². The van der Waals surface area contributed by atoms with Crippen molar-refractivity contribution in [1.82, 2.24) is 9.97 Å². The minimum Gasteiger partial charge on any atom is -0.497 e. The molecule has 2 heterocycles. The lowest BCUT2D eigenvalue weighted by Gasteiger charge is -2.33. The standard InChI is InChI=1S/C17H17ClN2O2/c1-10-8-14(18)20-12-4-6-17(2,16(21)15(10)12)13-9-11(22-3)5-7-19-13/h5,7-9H,4,6H2,1-3H3. The van der Waals surface area contributed by atoms with Gasteiger partial charge < -0.3 is 4.74 Å². The number of rotatable bonds is 2. The second kappa shape index (κ2) is 5.36. The maximum atomic E-state index is 13.1. The van der Waals surface area contributed by atoms with Crippen molar-refractivity contribution in [3.63, 3.8) is 0 Å². The van der Waals surface area contributed by atoms with Gasteiger partial charge in [-0.25, -0.2) is 4.98 Å². The Morgan fingerprint density at radius 1 is 1.36 bits per heavy atom. The Labute approximate surface area is 134 Å². The second-order valence-corrected chi connectivity index (χ2v) is 6.21. The number of halogens is 1. The van der Waals surface area contributed by atoms with Gasteiger partial charge in [-0.2, -0.15) is 0 Å². The van der Waals surface area contributed by atoms with E-state index in [1.807, 2.05) is 19.9 Å². The van der Waals surface area contributed by atoms with E-state index in [1.165, 1.54) is 0 Å². The molecule has 0 saturated carbocycles. The van der Waals surface area contributed by atoms with Gasteiger partial charge in [0.05, 0.1) is 23.9 Å². The first-order chi connectivity index (χ1) is 10.5. The van der Waals surface area contributed by atoms with E-state index >= 15 is 0 Å². The number of ketones is 1. The Morgan fingerprint density at radius 2 is 2.14 bits per heavy atom. The third-order valence-electron chi connectivity index (χ3n) is 4.38. The number of ether oxygens (including phenoxy) is 1. The molecule has 2 aromatic rings. The van der Waals surface area contributed by atoms with E-state index in [4.69, 9.17) is 16.3 Å². The number of aryl methyl sites for hydroxylation is 2. The van der Waals surface area contributed by atoms with Crippen molar-refractivity contribution in [2.75, 3.05) is 7.11 Å². The van der Waals surface area contributed by atoms with Crippen molar-refractivity contribution < 1.29 is 9.53 Å². The van der Waals surface area contributed by atoms with E-state index in [1.54, 1.807) is 25.4 Å². The third kappa shape index (κ3) is 2.28. The SMILES string of the molecule is COc1ccnc(C2(C)CCc3nc(Cl)cc(C)c3C2=O)c1. The number of methoxy groups -OCH3 is 1. The fourth-order valence-electron chi connectivity index (χ4n) is 3.03. The van der Waals surface area contributed by atoms with Crippen molar-refractivity contribution in [3.8, 4) is 5.75 Å². The molecule has 1 aliphatic rings. The van der Waals surface area contributed by atoms with Crippen molar-refractivity contribution in [2.45, 2.75) is 32.1 Å². The summed E-state index contributed by atoms with van der Waals surface area (Å²) in [5.41, 5.74) is 2.41. The van der Waals surface area contributed by atoms with Gasteiger partial charge in [-0.15, -0.1) is 0 Å². The number of hydrogen-bond acceptors (Lipinski definition) is 4. The molecule has 114 valence electrons. The molecular formula is C17H17ClN2O2. The first kappa shape index (κ1) is 15.0. The first-order valence-corrected chi connectivity index (χ1v) is 7.55. The summed E-state index contributed by atoms with van der Waals surface area (Å²) in [5.74, 6) is 0.756. The monoisotopic (exact) mass is 316 g/mol. The minimum atomic E-state index is -0.665. The Bertz CT molecular complexity index is 760. The molecule has 0 aromatic carbocycles. The summed E-state index contributed by atoms with van der Waals surface area (Å²) >= 11 is 6.01. The van der Waals surface area contributed by atoms with Crippen molar-refractivity contribution in [3.05, 3.63) is 52.1 Å². The van der Waals surface area contributed by atoms with Gasteiger partial charge in [0.25, 0.3) is 0 Å². The van der Waals surface area contributed by atoms with Crippen LogP contribution in [0.4, 0.5) is 0 Å². The van der Waals surface area contributed by atoms with Crippen LogP contribution in [0.1, 0.15) is 40.7 Å². The fourth-order valence-corrected chi connectivity index (χ4v) is 3.29. The molecule has 0 N–H and O–H groups in total. The average molecular weight is 317 g/mol. The molecule has 0 spiro atoms. The first-order valence-electron chi connectivity index (χ1n) is 7.17. The van der Waals surface area contributed by atoms with Crippen molar-refractivity contribution >= 4 is 17.4 Å². The largest absolute Gasteiger partial charge is 0.497 e. The number of carbonyl (C=O) groups excluding carboxylic acids is 1. The van der Waals surface area contributed by atoms with E-state index in [-0.39, 0.29) is 5.78 Å². The maximum absolute atomic E-state index is 13.1. The molecule has 2 aromatic heterocycles. The molecule has 0 fully saturated rings. The summed E-state index contributed by atoms with van der Waals surface area (Å²) in [6, 6.07) is 5.35. The molecule has 0 amide bonds. The Morgan fingerprint density at radius 3 is 2.86 bits per heavy atom. The molecule has 0 saturated heterocycles. The van der Waals surface area contributed by atoms with Gasteiger partial charge in [-0.3, -0.25) is 9.78 Å². The van der Waals surface area contributed by atoms with Crippen molar-refractivity contribution in [2.24, 2.45) is 0 Å². The smallest absolute Gasteiger partial charge is 0.176 e. The van der Waals surface area contributed by atoms with Gasteiger partial charge in [0.2, 0.25) is 0 Å². The minimum absolute atomic E-state index is 0.0520. The molecule has 1 unspecified atom stereocenters. The van der Waals surface area contributed by atoms with Crippen LogP contribution in [0.5, 0.6) is 5.75 Å². The van der Waals surface area contributed by atoms with Crippen LogP contribution in [-0.2, 0) is 11.8 Å². The topological polar surface area (TPSA) is 52.1 Å². The molecule has 0 radical (unpaired) electrons. The molecule has 3 rings (SSSR count). The zero-order valence-electron chi connectivity index (χ0n) is 12.8. The van der Waals surface area contributed by atoms with Gasteiger partial charge in [0.1, 0.15) is 10.9 Å². The summed E-state index contributed by atoms with van der Waals surface area (Å²) in [5, 5.41) is 0.437. The van der Waals surface area contributed by atoms with Crippen LogP contribution in [0.3, 0.4) is 0 Å². The van der Waals surface area contributed by atoms with E-state index in [2.05, 4.69) is 9.97 Å². The van der Waals surface area contributed by atoms with Crippen LogP contribution >= 0.6 is 11.6 Å². The number of Topliss-reactive ketones (excluding diaryl/α,β-unsaturated/α-hetero) is 1. The zero-order chi connectivity index (χ0) is 15.9. The number of fused-ring (bicyclic) bond motifs is 1. The normalized spacial score (nSPS) is 20.6. The molecule has 1 aliphatic carbocycles. The Balaban J connectivity index is 2.11. The molecule has 0 aliphatic heterocycles. The molecule has 1 atom stereocenters. The van der Waals surface area contributed by atoms with E-state index < -0.39 is 5.41 Å². The lowest BCUT2D eigenvalue weighted by Crippen LogP contribution is -2.39. The number of aromatic nitrogens is 2. The summed E-state index contributed by atoms with van der Waals surface area (Å²) in [6.07, 6.45) is 3.04. The summed E-state index contributed by atoms with van der Waals surface area (Å²) < 4.78 is 5.25. The van der Waals surface area contributed by atoms with Crippen LogP contribution in [0.2, 0.25) is 5.15 Å². The highest BCUT2D eigenvalue weighted by atomic mass is 35.5. The van der Waals surface area contributed by atoms with Gasteiger partial charge in [-0.1, -0.05) is 11.6 Å². The van der Waals surface area contributed by atoms with Crippen LogP contribution < -0.4 is 4.74 Å². The number of hydrogen-bond donors (Lipinski definition) is 0. The quantitative estimate of drug-likeness (QED) is 0.795. The average Bonchev–Trinajstić information content (AvgIpc) is 2.50. The van der Waals surface area contributed by atoms with E-state index in [0.717, 1.165) is 17.0 Å². The molecule has 22 heavy (non-hydrogen) atoms. The van der Waals surface area contributed by atoms with Gasteiger partial charge >= 0.3 is 0 Å². The highest BCUT2D eigenvalue weighted by Crippen LogP contribution is 2.39. The lowest BCUT2D eigenvalue weighted by molar-refractivity contribution is 0.0869. The van der Waals surface area contributed by atoms with E-state index in [9.17, 15) is 4.79 Å². The summed E-state index contributed by atoms with van der Waals surface area (Å²) in [6.45, 7) is 3.84. The maximum Gasteiger partial charge on any atom is 0.176 e. The summed E-state index contributed by atoms with van der Waals surface area (Å²) in [4.78, 5) is 21.8. The molecule has 4 nitrogen and oxygen atoms in total. The highest BCUT2D eigenvalue weighted by Gasteiger charge is 2.42. The lowest BCUT2D eigenvalue weighted by atomic mass is 9.70. The van der Waals surface area contributed by atoms with Crippen LogP contribution in [0.25, 0.3) is 0 Å². The Kier molecular flexibility index (Phi) is 3.65. The predicted octanol–water partition coefficient (Wildman–Crippen LogP) is 3.53. The number of carbonyl (C=O) groups is 1. The van der Waals surface area contributed by atoms with Gasteiger partial charge in [0.15, 0.2) is 5.78 Å². The second-order valence-electron chi connectivity index (χ2n) is 5.83. The van der Waals surface area contributed by atoms with Crippen LogP contribution in [0, 0.1) is 6.92 Å². The molecular weight excluding hydrogens is 300 g/mol. The van der Waals surface area contributed by atoms with Crippen LogP contribution in [0.15, 0.2) is 24.4 Å². The fraction of sp³-hybridized carbons (Fsp3) is 0.353.